The molecule has 0 fully saturated rings. The van der Waals surface area contributed by atoms with E-state index in [4.69, 9.17) is 4.74 Å². The van der Waals surface area contributed by atoms with E-state index in [1.807, 2.05) is 54.6 Å². The standard InChI is InChI=1S/C19H17NO2/c1-22-19-9-5-3-7-15(19)12-20-13-17-16-8-4-2-6-14(16)10-11-18(17)21/h2-11,13,21H,12H2,1H3. The minimum Gasteiger partial charge on any atom is -0.507 e. The maximum Gasteiger partial charge on any atom is 0.124 e. The van der Waals surface area contributed by atoms with Gasteiger partial charge in [-0.15, -0.1) is 0 Å². The monoisotopic (exact) mass is 291 g/mol. The molecule has 0 unspecified atom stereocenters. The van der Waals surface area contributed by atoms with E-state index in [0.717, 1.165) is 27.6 Å². The largest absolute Gasteiger partial charge is 0.507 e. The molecule has 0 saturated carbocycles. The normalized spacial score (nSPS) is 11.1. The molecule has 3 nitrogen and oxygen atoms in total. The van der Waals surface area contributed by atoms with Gasteiger partial charge in [-0.1, -0.05) is 48.5 Å². The number of ether oxygens (including phenoxy) is 1. The van der Waals surface area contributed by atoms with E-state index in [-0.39, 0.29) is 5.75 Å². The van der Waals surface area contributed by atoms with E-state index in [2.05, 4.69) is 4.99 Å². The van der Waals surface area contributed by atoms with Crippen molar-refractivity contribution in [2.75, 3.05) is 7.11 Å². The zero-order chi connectivity index (χ0) is 15.4. The molecule has 3 rings (SSSR count). The van der Waals surface area contributed by atoms with E-state index >= 15 is 0 Å². The van der Waals surface area contributed by atoms with Gasteiger partial charge in [0.15, 0.2) is 0 Å². The Morgan fingerprint density at radius 3 is 2.64 bits per heavy atom. The Hall–Kier alpha value is -2.81. The third-order valence-electron chi connectivity index (χ3n) is 3.62. The molecular weight excluding hydrogens is 274 g/mol. The molecule has 0 spiro atoms. The molecule has 3 aromatic carbocycles. The molecule has 0 radical (unpaired) electrons. The highest BCUT2D eigenvalue weighted by molar-refractivity contribution is 6.02. The molecular formula is C19H17NO2. The van der Waals surface area contributed by atoms with Crippen LogP contribution < -0.4 is 4.74 Å². The maximum atomic E-state index is 10.1. The van der Waals surface area contributed by atoms with Crippen molar-refractivity contribution in [3.05, 3.63) is 71.8 Å². The fourth-order valence-corrected chi connectivity index (χ4v) is 2.49. The molecule has 0 aliphatic carbocycles. The number of fused-ring (bicyclic) bond motifs is 1. The third kappa shape index (κ3) is 2.79. The van der Waals surface area contributed by atoms with E-state index < -0.39 is 0 Å². The van der Waals surface area contributed by atoms with Gasteiger partial charge in [-0.05, 0) is 22.9 Å². The molecule has 0 bridgehead atoms. The lowest BCUT2D eigenvalue weighted by atomic mass is 10.0. The van der Waals surface area contributed by atoms with Gasteiger partial charge in [0.25, 0.3) is 0 Å². The first kappa shape index (κ1) is 14.1. The number of nitrogens with zero attached hydrogens (tertiary/aromatic N) is 1. The van der Waals surface area contributed by atoms with Gasteiger partial charge in [-0.3, -0.25) is 4.99 Å². The van der Waals surface area contributed by atoms with Gasteiger partial charge < -0.3 is 9.84 Å². The molecule has 110 valence electrons. The molecule has 0 amide bonds. The van der Waals surface area contributed by atoms with Crippen LogP contribution in [-0.4, -0.2) is 18.4 Å². The molecule has 0 aromatic heterocycles. The zero-order valence-corrected chi connectivity index (χ0v) is 12.4. The summed E-state index contributed by atoms with van der Waals surface area (Å²) < 4.78 is 5.32. The van der Waals surface area contributed by atoms with Gasteiger partial charge >= 0.3 is 0 Å². The van der Waals surface area contributed by atoms with Crippen LogP contribution in [0.4, 0.5) is 0 Å². The fraction of sp³-hybridized carbons (Fsp3) is 0.105. The lowest BCUT2D eigenvalue weighted by molar-refractivity contribution is 0.410. The Kier molecular flexibility index (Phi) is 4.05. The molecule has 3 aromatic rings. The van der Waals surface area contributed by atoms with Gasteiger partial charge in [0, 0.05) is 17.3 Å². The Labute approximate surface area is 129 Å². The van der Waals surface area contributed by atoms with Crippen molar-refractivity contribution in [1.29, 1.82) is 0 Å². The second-order valence-electron chi connectivity index (χ2n) is 5.00. The van der Waals surface area contributed by atoms with Crippen molar-refractivity contribution in [1.82, 2.24) is 0 Å². The van der Waals surface area contributed by atoms with Crippen molar-refractivity contribution < 1.29 is 9.84 Å². The summed E-state index contributed by atoms with van der Waals surface area (Å²) in [6.45, 7) is 0.507. The van der Waals surface area contributed by atoms with Gasteiger partial charge in [0.1, 0.15) is 11.5 Å². The van der Waals surface area contributed by atoms with Crippen molar-refractivity contribution in [2.24, 2.45) is 4.99 Å². The highest BCUT2D eigenvalue weighted by Gasteiger charge is 2.04. The zero-order valence-electron chi connectivity index (χ0n) is 12.4. The van der Waals surface area contributed by atoms with Crippen LogP contribution in [0.1, 0.15) is 11.1 Å². The number of phenols is 1. The van der Waals surface area contributed by atoms with Crippen molar-refractivity contribution in [3.8, 4) is 11.5 Å². The smallest absolute Gasteiger partial charge is 0.124 e. The summed E-state index contributed by atoms with van der Waals surface area (Å²) in [5.41, 5.74) is 1.76. The average Bonchev–Trinajstić information content (AvgIpc) is 2.57. The number of methoxy groups -OCH3 is 1. The first-order valence-corrected chi connectivity index (χ1v) is 7.12. The predicted molar refractivity (Wildman–Crippen MR) is 89.9 cm³/mol. The first-order valence-electron chi connectivity index (χ1n) is 7.12. The van der Waals surface area contributed by atoms with Crippen LogP contribution in [0.2, 0.25) is 0 Å². The van der Waals surface area contributed by atoms with Gasteiger partial charge in [-0.25, -0.2) is 0 Å². The predicted octanol–water partition coefficient (Wildman–Crippen LogP) is 4.17. The first-order chi connectivity index (χ1) is 10.8. The molecule has 1 N–H and O–H groups in total. The second kappa shape index (κ2) is 6.31. The van der Waals surface area contributed by atoms with Crippen molar-refractivity contribution in [3.63, 3.8) is 0 Å². The van der Waals surface area contributed by atoms with E-state index in [9.17, 15) is 5.11 Å². The number of aromatic hydroxyl groups is 1. The number of rotatable bonds is 4. The number of benzene rings is 3. The highest BCUT2D eigenvalue weighted by atomic mass is 16.5. The summed E-state index contributed by atoms with van der Waals surface area (Å²) in [7, 11) is 1.65. The average molecular weight is 291 g/mol. The quantitative estimate of drug-likeness (QED) is 0.733. The Morgan fingerprint density at radius 2 is 1.77 bits per heavy atom. The van der Waals surface area contributed by atoms with E-state index in [1.165, 1.54) is 0 Å². The lowest BCUT2D eigenvalue weighted by Crippen LogP contribution is -1.91. The summed E-state index contributed by atoms with van der Waals surface area (Å²) in [6, 6.07) is 19.3. The van der Waals surface area contributed by atoms with Crippen molar-refractivity contribution >= 4 is 17.0 Å². The number of aliphatic imine (C=N–C) groups is 1. The summed E-state index contributed by atoms with van der Waals surface area (Å²) in [5.74, 6) is 1.06. The maximum absolute atomic E-state index is 10.1. The van der Waals surface area contributed by atoms with Crippen LogP contribution in [0, 0.1) is 0 Å². The fourth-order valence-electron chi connectivity index (χ4n) is 2.49. The number of phenolic OH excluding ortho intramolecular Hbond substituents is 1. The second-order valence-corrected chi connectivity index (χ2v) is 5.00. The Balaban J connectivity index is 1.91. The van der Waals surface area contributed by atoms with Crippen molar-refractivity contribution in [2.45, 2.75) is 6.54 Å². The van der Waals surface area contributed by atoms with Crippen LogP contribution in [0.3, 0.4) is 0 Å². The molecule has 22 heavy (non-hydrogen) atoms. The Morgan fingerprint density at radius 1 is 1.00 bits per heavy atom. The third-order valence-corrected chi connectivity index (χ3v) is 3.62. The van der Waals surface area contributed by atoms with E-state index in [0.29, 0.717) is 6.54 Å². The number of hydrogen-bond acceptors (Lipinski definition) is 3. The molecule has 0 aliphatic heterocycles. The molecule has 0 saturated heterocycles. The van der Waals surface area contributed by atoms with Crippen LogP contribution in [0.25, 0.3) is 10.8 Å². The summed E-state index contributed by atoms with van der Waals surface area (Å²) in [6.07, 6.45) is 1.73. The number of hydrogen-bond donors (Lipinski definition) is 1. The van der Waals surface area contributed by atoms with Crippen LogP contribution in [0.15, 0.2) is 65.7 Å². The lowest BCUT2D eigenvalue weighted by Gasteiger charge is -2.06. The number of para-hydroxylation sites is 1. The minimum atomic E-state index is 0.238. The SMILES string of the molecule is COc1ccccc1CN=Cc1c(O)ccc2ccccc12. The summed E-state index contributed by atoms with van der Waals surface area (Å²) >= 11 is 0. The molecule has 3 heteroatoms. The highest BCUT2D eigenvalue weighted by Crippen LogP contribution is 2.26. The van der Waals surface area contributed by atoms with Crippen LogP contribution in [-0.2, 0) is 6.54 Å². The van der Waals surface area contributed by atoms with Crippen LogP contribution in [0.5, 0.6) is 11.5 Å². The van der Waals surface area contributed by atoms with Gasteiger partial charge in [0.2, 0.25) is 0 Å². The van der Waals surface area contributed by atoms with E-state index in [1.54, 1.807) is 19.4 Å². The van der Waals surface area contributed by atoms with Crippen LogP contribution >= 0.6 is 0 Å². The molecule has 0 atom stereocenters. The molecule has 0 heterocycles. The minimum absolute atomic E-state index is 0.238. The van der Waals surface area contributed by atoms with Gasteiger partial charge in [0.05, 0.1) is 13.7 Å². The van der Waals surface area contributed by atoms with Gasteiger partial charge in [-0.2, -0.15) is 0 Å². The summed E-state index contributed by atoms with van der Waals surface area (Å²) in [4.78, 5) is 4.47. The topological polar surface area (TPSA) is 41.8 Å². The summed E-state index contributed by atoms with van der Waals surface area (Å²) in [5, 5.41) is 12.2. The Bertz CT molecular complexity index is 825. The molecule has 0 aliphatic rings.